The van der Waals surface area contributed by atoms with Crippen LogP contribution < -0.4 is 0 Å². The van der Waals surface area contributed by atoms with Crippen molar-refractivity contribution >= 4 is 21.0 Å². The molecule has 0 unspecified atom stereocenters. The van der Waals surface area contributed by atoms with E-state index in [0.29, 0.717) is 0 Å². The fourth-order valence-corrected chi connectivity index (χ4v) is 1.42. The first kappa shape index (κ1) is 4.29. The summed E-state index contributed by atoms with van der Waals surface area (Å²) in [5.41, 5.74) is 1.09. The van der Waals surface area contributed by atoms with Crippen LogP contribution in [0, 0.1) is 6.92 Å². The zero-order valence-corrected chi connectivity index (χ0v) is 5.71. The number of rotatable bonds is 0. The molecule has 6 heavy (non-hydrogen) atoms. The van der Waals surface area contributed by atoms with Crippen molar-refractivity contribution in [3.05, 3.63) is 11.9 Å². The topological polar surface area (TPSA) is 25.8 Å². The van der Waals surface area contributed by atoms with E-state index in [9.17, 15) is 0 Å². The van der Waals surface area contributed by atoms with Gasteiger partial charge < -0.3 is 0 Å². The molecule has 0 atom stereocenters. The second-order valence-electron chi connectivity index (χ2n) is 1.05. The Kier molecular flexibility index (Phi) is 1.23. The van der Waals surface area contributed by atoms with E-state index in [2.05, 4.69) is 6.41 Å². The average Bonchev–Trinajstić information content (AvgIpc) is 1.86. The average molecular weight is 196 g/mol. The molecule has 1 heterocycles. The number of aromatic nitrogens is 2. The van der Waals surface area contributed by atoms with Crippen molar-refractivity contribution in [2.24, 2.45) is 0 Å². The summed E-state index contributed by atoms with van der Waals surface area (Å²) in [5.74, 6) is 0. The molecule has 0 saturated heterocycles. The van der Waals surface area contributed by atoms with Crippen LogP contribution in [0.2, 0.25) is 0 Å². The van der Waals surface area contributed by atoms with Gasteiger partial charge in [-0.2, -0.15) is 0 Å². The van der Waals surface area contributed by atoms with Crippen LogP contribution in [-0.2, 0) is 0 Å². The van der Waals surface area contributed by atoms with Gasteiger partial charge in [0.05, 0.1) is 0 Å². The van der Waals surface area contributed by atoms with Crippen molar-refractivity contribution in [1.29, 1.82) is 0 Å². The Morgan fingerprint density at radius 2 is 2.67 bits per heavy atom. The molecule has 0 bridgehead atoms. The molecular formula is C3H4N2Te. The van der Waals surface area contributed by atoms with Crippen LogP contribution >= 0.6 is 0 Å². The van der Waals surface area contributed by atoms with Gasteiger partial charge in [-0.05, 0) is 0 Å². The standard InChI is InChI=1S/C3H4N2Te/c1-3-2-4-6-5-3/h2H,1H3. The molecule has 0 spiro atoms. The molecule has 0 aliphatic rings. The Labute approximate surface area is 46.6 Å². The van der Waals surface area contributed by atoms with Crippen molar-refractivity contribution in [2.75, 3.05) is 0 Å². The molecule has 1 aromatic rings. The molecular weight excluding hydrogens is 192 g/mol. The summed E-state index contributed by atoms with van der Waals surface area (Å²) in [6.07, 6.45) is 1.84. The van der Waals surface area contributed by atoms with E-state index in [1.807, 2.05) is 13.1 Å². The van der Waals surface area contributed by atoms with Gasteiger partial charge in [-0.25, -0.2) is 0 Å². The number of hydrogen-bond donors (Lipinski definition) is 0. The van der Waals surface area contributed by atoms with Crippen LogP contribution in [0.4, 0.5) is 0 Å². The van der Waals surface area contributed by atoms with E-state index in [0.717, 1.165) is 5.69 Å². The summed E-state index contributed by atoms with van der Waals surface area (Å²) in [7, 11) is 0. The summed E-state index contributed by atoms with van der Waals surface area (Å²) in [6.45, 7) is 1.97. The van der Waals surface area contributed by atoms with Gasteiger partial charge in [0.15, 0.2) is 0 Å². The zero-order chi connectivity index (χ0) is 4.41. The Hall–Kier alpha value is 0.130. The zero-order valence-electron chi connectivity index (χ0n) is 3.38. The molecule has 3 heteroatoms. The van der Waals surface area contributed by atoms with Gasteiger partial charge in [-0.1, -0.05) is 0 Å². The third kappa shape index (κ3) is 0.796. The molecule has 0 aromatic carbocycles. The SMILES string of the molecule is Cc1cn[te]n1. The molecule has 0 N–H and O–H groups in total. The molecule has 2 nitrogen and oxygen atoms in total. The number of hydrogen-bond acceptors (Lipinski definition) is 2. The summed E-state index contributed by atoms with van der Waals surface area (Å²) >= 11 is -0.283. The van der Waals surface area contributed by atoms with Crippen LogP contribution in [-0.4, -0.2) is 27.4 Å². The number of nitrogens with zero attached hydrogens (tertiary/aromatic N) is 2. The van der Waals surface area contributed by atoms with Gasteiger partial charge in [0.25, 0.3) is 0 Å². The fraction of sp³-hybridized carbons (Fsp3) is 0.333. The van der Waals surface area contributed by atoms with E-state index in [4.69, 9.17) is 0 Å². The second-order valence-corrected chi connectivity index (χ2v) is 2.64. The van der Waals surface area contributed by atoms with Crippen LogP contribution in [0.15, 0.2) is 6.20 Å². The molecule has 0 saturated carbocycles. The van der Waals surface area contributed by atoms with Gasteiger partial charge in [0, 0.05) is 0 Å². The molecule has 32 valence electrons. The molecule has 0 fully saturated rings. The summed E-state index contributed by atoms with van der Waals surface area (Å²) in [5, 5.41) is 0. The van der Waals surface area contributed by atoms with Gasteiger partial charge in [0.2, 0.25) is 0 Å². The predicted octanol–water partition coefficient (Wildman–Crippen LogP) is -0.158. The third-order valence-corrected chi connectivity index (χ3v) is 2.10. The first-order chi connectivity index (χ1) is 2.89. The maximum atomic E-state index is 4.06. The summed E-state index contributed by atoms with van der Waals surface area (Å²) < 4.78 is 8.03. The maximum absolute atomic E-state index is 4.06. The monoisotopic (exact) mass is 198 g/mol. The van der Waals surface area contributed by atoms with Crippen molar-refractivity contribution in [3.63, 3.8) is 0 Å². The van der Waals surface area contributed by atoms with Crippen LogP contribution in [0.25, 0.3) is 0 Å². The molecule has 0 amide bonds. The molecule has 0 aliphatic carbocycles. The fourth-order valence-electron chi connectivity index (χ4n) is 0.211. The van der Waals surface area contributed by atoms with Gasteiger partial charge in [-0.3, -0.25) is 0 Å². The Bertz CT molecular complexity index is 112. The van der Waals surface area contributed by atoms with Crippen molar-refractivity contribution in [3.8, 4) is 0 Å². The van der Waals surface area contributed by atoms with Crippen molar-refractivity contribution in [2.45, 2.75) is 6.92 Å². The first-order valence-electron chi connectivity index (χ1n) is 1.64. The number of aryl methyl sites for hydroxylation is 1. The summed E-state index contributed by atoms with van der Waals surface area (Å²) in [6, 6.07) is 0. The summed E-state index contributed by atoms with van der Waals surface area (Å²) in [4.78, 5) is 0. The third-order valence-electron chi connectivity index (χ3n) is 0.471. The minimum absolute atomic E-state index is 0.283. The van der Waals surface area contributed by atoms with Gasteiger partial charge in [0.1, 0.15) is 0 Å². The first-order valence-corrected chi connectivity index (χ1v) is 3.72. The van der Waals surface area contributed by atoms with E-state index < -0.39 is 0 Å². The predicted molar refractivity (Wildman–Crippen MR) is 23.7 cm³/mol. The van der Waals surface area contributed by atoms with E-state index in [1.165, 1.54) is 0 Å². The van der Waals surface area contributed by atoms with Crippen LogP contribution in [0.3, 0.4) is 0 Å². The van der Waals surface area contributed by atoms with Crippen molar-refractivity contribution in [1.82, 2.24) is 6.41 Å². The van der Waals surface area contributed by atoms with Gasteiger partial charge >= 0.3 is 46.2 Å². The van der Waals surface area contributed by atoms with Gasteiger partial charge in [-0.15, -0.1) is 0 Å². The second kappa shape index (κ2) is 1.72. The van der Waals surface area contributed by atoms with E-state index in [-0.39, 0.29) is 21.0 Å². The van der Waals surface area contributed by atoms with E-state index in [1.54, 1.807) is 0 Å². The Morgan fingerprint density at radius 3 is 2.83 bits per heavy atom. The molecule has 0 aliphatic heterocycles. The minimum atomic E-state index is -0.283. The normalized spacial score (nSPS) is 8.83. The molecule has 1 rings (SSSR count). The van der Waals surface area contributed by atoms with E-state index >= 15 is 0 Å². The molecule has 1 aromatic heterocycles. The van der Waals surface area contributed by atoms with Crippen molar-refractivity contribution < 1.29 is 0 Å². The quantitative estimate of drug-likeness (QED) is 0.538. The van der Waals surface area contributed by atoms with Crippen LogP contribution in [0.1, 0.15) is 5.69 Å². The molecule has 0 radical (unpaired) electrons. The Balaban J connectivity index is 3.05. The van der Waals surface area contributed by atoms with Crippen LogP contribution in [0.5, 0.6) is 0 Å². The Morgan fingerprint density at radius 1 is 1.83 bits per heavy atom.